The molecule has 1 N–H and O–H groups in total. The first-order valence-electron chi connectivity index (χ1n) is 8.90. The van der Waals surface area contributed by atoms with Gasteiger partial charge in [0.2, 0.25) is 5.95 Å². The molecular formula is C18H18F4N6S. The molecule has 0 aliphatic carbocycles. The summed E-state index contributed by atoms with van der Waals surface area (Å²) >= 11 is 1.69. The van der Waals surface area contributed by atoms with E-state index in [0.29, 0.717) is 22.7 Å². The second kappa shape index (κ2) is 7.45. The molecule has 3 aromatic rings. The number of rotatable bonds is 3. The quantitative estimate of drug-likeness (QED) is 0.507. The number of alkyl halides is 3. The van der Waals surface area contributed by atoms with Gasteiger partial charge < -0.3 is 4.90 Å². The summed E-state index contributed by atoms with van der Waals surface area (Å²) < 4.78 is 55.7. The highest BCUT2D eigenvalue weighted by Crippen LogP contribution is 2.36. The molecule has 1 saturated heterocycles. The molecule has 6 nitrogen and oxygen atoms in total. The molecule has 0 saturated carbocycles. The number of nitrogens with zero attached hydrogens (tertiary/aromatic N) is 5. The lowest BCUT2D eigenvalue weighted by atomic mass is 10.0. The summed E-state index contributed by atoms with van der Waals surface area (Å²) in [7, 11) is 0. The molecule has 11 heteroatoms. The molecule has 1 fully saturated rings. The third-order valence-electron chi connectivity index (χ3n) is 4.93. The van der Waals surface area contributed by atoms with Crippen molar-refractivity contribution in [2.24, 2.45) is 0 Å². The summed E-state index contributed by atoms with van der Waals surface area (Å²) in [5, 5.41) is 7.34. The lowest BCUT2D eigenvalue weighted by molar-refractivity contribution is -0.140. The van der Waals surface area contributed by atoms with Crippen molar-refractivity contribution in [3.63, 3.8) is 0 Å². The zero-order valence-electron chi connectivity index (χ0n) is 15.7. The maximum absolute atomic E-state index is 14.0. The van der Waals surface area contributed by atoms with Gasteiger partial charge in [-0.05, 0) is 30.9 Å². The second-order valence-corrected chi connectivity index (χ2v) is 7.64. The highest BCUT2D eigenvalue weighted by atomic mass is 32.2. The van der Waals surface area contributed by atoms with Crippen LogP contribution in [0.25, 0.3) is 22.3 Å². The number of aryl methyl sites for hydroxylation is 1. The van der Waals surface area contributed by atoms with Gasteiger partial charge in [0.1, 0.15) is 5.82 Å². The van der Waals surface area contributed by atoms with Crippen LogP contribution in [0.4, 0.5) is 23.5 Å². The molecule has 0 spiro atoms. The molecule has 0 bridgehead atoms. The van der Waals surface area contributed by atoms with Gasteiger partial charge in [0.05, 0.1) is 16.6 Å². The zero-order chi connectivity index (χ0) is 20.8. The Morgan fingerprint density at radius 3 is 2.52 bits per heavy atom. The minimum absolute atomic E-state index is 0.0956. The Morgan fingerprint density at radius 2 is 1.86 bits per heavy atom. The fourth-order valence-electron chi connectivity index (χ4n) is 3.36. The van der Waals surface area contributed by atoms with Crippen molar-refractivity contribution in [2.75, 3.05) is 37.3 Å². The molecule has 0 atom stereocenters. The van der Waals surface area contributed by atoms with Crippen molar-refractivity contribution in [1.29, 1.82) is 0 Å². The molecule has 1 aliphatic rings. The van der Waals surface area contributed by atoms with Crippen LogP contribution in [-0.4, -0.2) is 56.9 Å². The summed E-state index contributed by atoms with van der Waals surface area (Å²) in [5.41, 5.74) is -0.537. The van der Waals surface area contributed by atoms with Crippen molar-refractivity contribution >= 4 is 28.9 Å². The highest BCUT2D eigenvalue weighted by Gasteiger charge is 2.35. The van der Waals surface area contributed by atoms with Crippen LogP contribution in [0.2, 0.25) is 0 Å². The van der Waals surface area contributed by atoms with E-state index in [9.17, 15) is 17.6 Å². The number of piperazine rings is 1. The summed E-state index contributed by atoms with van der Waals surface area (Å²) in [6.45, 7) is 4.60. The number of benzene rings is 1. The molecule has 0 amide bonds. The van der Waals surface area contributed by atoms with E-state index in [4.69, 9.17) is 0 Å². The monoisotopic (exact) mass is 426 g/mol. The number of halogens is 4. The summed E-state index contributed by atoms with van der Waals surface area (Å²) in [6, 6.07) is 2.14. The molecule has 2 aromatic heterocycles. The molecule has 1 aliphatic heterocycles. The van der Waals surface area contributed by atoms with Crippen LogP contribution in [0.5, 0.6) is 0 Å². The molecule has 0 unspecified atom stereocenters. The highest BCUT2D eigenvalue weighted by molar-refractivity contribution is 7.96. The summed E-state index contributed by atoms with van der Waals surface area (Å²) in [5.74, 6) is -0.740. The van der Waals surface area contributed by atoms with Crippen LogP contribution < -0.4 is 4.90 Å². The van der Waals surface area contributed by atoms with E-state index < -0.39 is 17.6 Å². The molecule has 4 rings (SSSR count). The lowest BCUT2D eigenvalue weighted by Gasteiger charge is -2.33. The first kappa shape index (κ1) is 19.9. The molecular weight excluding hydrogens is 408 g/mol. The molecule has 29 heavy (non-hydrogen) atoms. The number of H-pyrrole nitrogens is 1. The SMILES string of the molecule is CSN1CCN(c2ncc3c(-c4cc(C)c(F)c(C(F)(F)F)c4)[nH]nc3n2)CC1. The maximum Gasteiger partial charge on any atom is 0.419 e. The molecule has 0 radical (unpaired) electrons. The van der Waals surface area contributed by atoms with Crippen LogP contribution in [0, 0.1) is 12.7 Å². The van der Waals surface area contributed by atoms with Gasteiger partial charge in [-0.25, -0.2) is 13.7 Å². The number of hydrogen-bond acceptors (Lipinski definition) is 6. The Morgan fingerprint density at radius 1 is 1.14 bits per heavy atom. The van der Waals surface area contributed by atoms with E-state index in [-0.39, 0.29) is 11.1 Å². The van der Waals surface area contributed by atoms with E-state index in [1.54, 1.807) is 18.1 Å². The van der Waals surface area contributed by atoms with Crippen molar-refractivity contribution in [2.45, 2.75) is 13.1 Å². The molecule has 3 heterocycles. The maximum atomic E-state index is 14.0. The predicted octanol–water partition coefficient (Wildman–Crippen LogP) is 3.89. The fourth-order valence-corrected chi connectivity index (χ4v) is 3.89. The Kier molecular flexibility index (Phi) is 5.11. The average molecular weight is 426 g/mol. The summed E-state index contributed by atoms with van der Waals surface area (Å²) in [6.07, 6.45) is -1.21. The van der Waals surface area contributed by atoms with E-state index >= 15 is 0 Å². The predicted molar refractivity (Wildman–Crippen MR) is 104 cm³/mol. The summed E-state index contributed by atoms with van der Waals surface area (Å²) in [4.78, 5) is 10.9. The van der Waals surface area contributed by atoms with Crippen LogP contribution in [0.1, 0.15) is 11.1 Å². The van der Waals surface area contributed by atoms with Gasteiger partial charge in [0.25, 0.3) is 0 Å². The Labute approximate surface area is 168 Å². The van der Waals surface area contributed by atoms with Crippen molar-refractivity contribution in [3.05, 3.63) is 35.3 Å². The minimum Gasteiger partial charge on any atom is -0.338 e. The largest absolute Gasteiger partial charge is 0.419 e. The third kappa shape index (κ3) is 3.76. The van der Waals surface area contributed by atoms with Gasteiger partial charge in [-0.15, -0.1) is 0 Å². The Balaban J connectivity index is 1.69. The average Bonchev–Trinajstić information content (AvgIpc) is 3.12. The minimum atomic E-state index is -4.79. The number of nitrogens with one attached hydrogen (secondary N) is 1. The first-order valence-corrected chi connectivity index (χ1v) is 10.1. The van der Waals surface area contributed by atoms with Crippen LogP contribution in [0.15, 0.2) is 18.3 Å². The van der Waals surface area contributed by atoms with Gasteiger partial charge >= 0.3 is 6.18 Å². The number of aromatic amines is 1. The number of hydrogen-bond donors (Lipinski definition) is 1. The molecule has 1 aromatic carbocycles. The van der Waals surface area contributed by atoms with E-state index in [2.05, 4.69) is 24.5 Å². The standard InChI is InChI=1S/C18H18F4N6S/c1-10-7-11(8-13(14(10)19)18(20,21)22)15-12-9-23-17(24-16(12)26-25-15)27-3-5-28(29-2)6-4-27/h7-9H,3-6H2,1-2H3,(H,23,24,25,26). The second-order valence-electron chi connectivity index (χ2n) is 6.76. The normalized spacial score (nSPS) is 16.0. The zero-order valence-corrected chi connectivity index (χ0v) is 16.5. The smallest absolute Gasteiger partial charge is 0.338 e. The van der Waals surface area contributed by atoms with Crippen LogP contribution >= 0.6 is 11.9 Å². The number of anilines is 1. The fraction of sp³-hybridized carbons (Fsp3) is 0.389. The van der Waals surface area contributed by atoms with Crippen LogP contribution in [-0.2, 0) is 6.18 Å². The number of fused-ring (bicyclic) bond motifs is 1. The van der Waals surface area contributed by atoms with Gasteiger partial charge in [-0.1, -0.05) is 11.9 Å². The van der Waals surface area contributed by atoms with Gasteiger partial charge in [-0.2, -0.15) is 23.3 Å². The van der Waals surface area contributed by atoms with Gasteiger partial charge in [0, 0.05) is 37.9 Å². The van der Waals surface area contributed by atoms with Crippen molar-refractivity contribution < 1.29 is 17.6 Å². The van der Waals surface area contributed by atoms with Crippen molar-refractivity contribution in [1.82, 2.24) is 24.5 Å². The van der Waals surface area contributed by atoms with Crippen LogP contribution in [0.3, 0.4) is 0 Å². The first-order chi connectivity index (χ1) is 13.8. The van der Waals surface area contributed by atoms with Gasteiger partial charge in [0.15, 0.2) is 5.65 Å². The Bertz CT molecular complexity index is 1040. The van der Waals surface area contributed by atoms with Gasteiger partial charge in [-0.3, -0.25) is 5.10 Å². The lowest BCUT2D eigenvalue weighted by Crippen LogP contribution is -2.44. The molecule has 154 valence electrons. The van der Waals surface area contributed by atoms with E-state index in [1.165, 1.54) is 13.0 Å². The van der Waals surface area contributed by atoms with E-state index in [0.717, 1.165) is 32.2 Å². The third-order valence-corrected chi connectivity index (χ3v) is 5.81. The number of aromatic nitrogens is 4. The Hall–Kier alpha value is -2.40. The topological polar surface area (TPSA) is 60.9 Å². The van der Waals surface area contributed by atoms with Crippen molar-refractivity contribution in [3.8, 4) is 11.3 Å². The van der Waals surface area contributed by atoms with E-state index in [1.807, 2.05) is 11.2 Å².